The molecule has 2 unspecified atom stereocenters. The van der Waals surface area contributed by atoms with Crippen LogP contribution in [0.2, 0.25) is 0 Å². The van der Waals surface area contributed by atoms with Crippen molar-refractivity contribution in [1.82, 2.24) is 20.9 Å². The van der Waals surface area contributed by atoms with Gasteiger partial charge in [0.05, 0.1) is 25.9 Å². The first-order valence-electron chi connectivity index (χ1n) is 31.3. The zero-order valence-electron chi connectivity index (χ0n) is 50.4. The number of alkyl carbamates (subject to hydrolysis) is 1. The Balaban J connectivity index is 1.74. The van der Waals surface area contributed by atoms with Crippen molar-refractivity contribution in [2.75, 3.05) is 32.1 Å². The predicted octanol–water partition coefficient (Wildman–Crippen LogP) is 6.77. The van der Waals surface area contributed by atoms with Crippen LogP contribution in [-0.2, 0) is 44.7 Å². The van der Waals surface area contributed by atoms with Crippen LogP contribution >= 0.6 is 0 Å². The molecule has 22 nitrogen and oxygen atoms in total. The molecule has 84 heavy (non-hydrogen) atoms. The number of nitrogens with one attached hydrogen (secondary N) is 3. The summed E-state index contributed by atoms with van der Waals surface area (Å²) in [4.78, 5) is 84.9. The lowest BCUT2D eigenvalue weighted by atomic mass is 9.96. The van der Waals surface area contributed by atoms with Crippen LogP contribution in [0.4, 0.5) is 20.1 Å². The first kappa shape index (κ1) is 71.2. The van der Waals surface area contributed by atoms with Gasteiger partial charge in [-0.25, -0.2) is 19.3 Å². The first-order chi connectivity index (χ1) is 40.4. The monoisotopic (exact) mass is 1190 g/mol. The fourth-order valence-corrected chi connectivity index (χ4v) is 11.1. The highest BCUT2D eigenvalue weighted by Crippen LogP contribution is 2.52. The molecule has 1 saturated heterocycles. The number of nitrogens with two attached hydrogens (primary N) is 2. The summed E-state index contributed by atoms with van der Waals surface area (Å²) >= 11 is 0. The van der Waals surface area contributed by atoms with Gasteiger partial charge in [0, 0.05) is 31.5 Å². The molecule has 0 aromatic heterocycles. The van der Waals surface area contributed by atoms with Crippen LogP contribution in [0.25, 0.3) is 0 Å². The molecule has 3 aliphatic rings. The van der Waals surface area contributed by atoms with Gasteiger partial charge in [0.25, 0.3) is 5.91 Å². The molecule has 1 saturated carbocycles. The number of imide groups is 1. The van der Waals surface area contributed by atoms with E-state index in [1.807, 2.05) is 0 Å². The largest absolute Gasteiger partial charge is 0.460 e. The number of primary amides is 1. The van der Waals surface area contributed by atoms with E-state index in [2.05, 4.69) is 41.6 Å². The number of carbonyl (C=O) groups is 6. The molecule has 1 aliphatic heterocycles. The van der Waals surface area contributed by atoms with Crippen molar-refractivity contribution in [1.29, 1.82) is 0 Å². The Morgan fingerprint density at radius 3 is 1.90 bits per heavy atom. The van der Waals surface area contributed by atoms with Gasteiger partial charge in [0.1, 0.15) is 55.3 Å². The van der Waals surface area contributed by atoms with E-state index < -0.39 is 123 Å². The third-order valence-corrected chi connectivity index (χ3v) is 16.3. The van der Waals surface area contributed by atoms with Crippen molar-refractivity contribution in [3.63, 3.8) is 0 Å². The van der Waals surface area contributed by atoms with Gasteiger partial charge in [-0.2, -0.15) is 0 Å². The molecular formula is C62H102N6O16. The highest BCUT2D eigenvalue weighted by molar-refractivity contribution is 5.98. The molecule has 0 bridgehead atoms. The van der Waals surface area contributed by atoms with Gasteiger partial charge in [0.15, 0.2) is 6.29 Å². The summed E-state index contributed by atoms with van der Waals surface area (Å²) in [7, 11) is 0. The Hall–Kier alpha value is -5.28. The lowest BCUT2D eigenvalue weighted by Crippen LogP contribution is -2.63. The average Bonchev–Trinajstić information content (AvgIpc) is 3.13. The lowest BCUT2D eigenvalue weighted by Gasteiger charge is -2.41. The fourth-order valence-electron chi connectivity index (χ4n) is 11.1. The number of esters is 1. The second-order valence-corrected chi connectivity index (χ2v) is 23.3. The Morgan fingerprint density at radius 1 is 0.750 bits per heavy atom. The van der Waals surface area contributed by atoms with E-state index >= 15 is 9.59 Å². The number of aliphatic hydroxyl groups excluding tert-OH is 5. The van der Waals surface area contributed by atoms with Gasteiger partial charge < -0.3 is 76.6 Å². The molecule has 4 rings (SSSR count). The van der Waals surface area contributed by atoms with E-state index in [1.54, 1.807) is 38.1 Å². The van der Waals surface area contributed by atoms with E-state index in [1.165, 1.54) is 32.1 Å². The topological polar surface area (TPSA) is 341 Å². The first-order valence-corrected chi connectivity index (χ1v) is 31.3. The fraction of sp³-hybridized carbons (Fsp3) is 0.774. The standard InChI is InChI=1S/C62H102N6O16/c1-5-7-9-11-12-13-14-15-16-17-19-24-30-49(83-51(70)31-25-18-10-8-6-2)53(71)48(40-80-59-56(74)55(73)54(72)50(37-69)84-59)68(62(79)82-38-42-32-34-43(63)35-33-42)58(76)47(29-26-36-65-60(64)77)66-57(75)52(41(3)4)67-61(78)81-39-46-44-27-22-20-21-23-28-45(44)46/h32-35,41,44-50,52-56,59,69,71-74H,5-19,22-31,36-40,63H2,1-4H3,(H,66,75)(H,67,78)(H3,64,65,77)/t44?,45?,46?,47-,48-,49+,50+,52-,53-,54-,55-,56+,59-/m0/s1. The van der Waals surface area contributed by atoms with Gasteiger partial charge in [-0.1, -0.05) is 136 Å². The number of hydrogen-bond acceptors (Lipinski definition) is 17. The molecule has 12 N–H and O–H groups in total. The number of rotatable bonds is 40. The van der Waals surface area contributed by atoms with Crippen molar-refractivity contribution in [3.8, 4) is 11.8 Å². The van der Waals surface area contributed by atoms with Crippen molar-refractivity contribution in [2.45, 2.75) is 256 Å². The summed E-state index contributed by atoms with van der Waals surface area (Å²) in [5, 5.41) is 63.3. The summed E-state index contributed by atoms with van der Waals surface area (Å²) in [5.74, 6) is 4.01. The SMILES string of the molecule is CCCCCCCCCCCCCC[C@@H](OC(=O)CCCCCCC)[C@@H](O)[C@H](CO[C@H]1O[C@H](CO)[C@H](O)[C@H](O)[C@H]1O)N(C(=O)OCc1ccc(N)cc1)C(=O)[C@H](CCCNC(N)=O)NC(=O)[C@@H](NC(=O)OCC1C2CCC#CCCC21)C(C)C. The van der Waals surface area contributed by atoms with E-state index in [0.717, 1.165) is 83.5 Å². The second-order valence-electron chi connectivity index (χ2n) is 23.3. The third kappa shape index (κ3) is 25.0. The number of aliphatic hydroxyl groups is 5. The number of nitrogens with zero attached hydrogens (tertiary/aromatic N) is 1. The molecule has 2 aliphatic carbocycles. The molecule has 1 aromatic rings. The lowest BCUT2D eigenvalue weighted by molar-refractivity contribution is -0.304. The number of fused-ring (bicyclic) bond motifs is 1. The summed E-state index contributed by atoms with van der Waals surface area (Å²) in [6.45, 7) is 5.50. The number of unbranched alkanes of at least 4 members (excludes halogenated alkanes) is 15. The molecule has 0 radical (unpaired) electrons. The Morgan fingerprint density at radius 2 is 1.33 bits per heavy atom. The molecule has 22 heteroatoms. The van der Waals surface area contributed by atoms with Gasteiger partial charge in [-0.05, 0) is 86.3 Å². The highest BCUT2D eigenvalue weighted by atomic mass is 16.7. The van der Waals surface area contributed by atoms with Gasteiger partial charge in [0.2, 0.25) is 5.91 Å². The minimum absolute atomic E-state index is 0.00672. The van der Waals surface area contributed by atoms with E-state index in [9.17, 15) is 44.7 Å². The number of hydrogen-bond donors (Lipinski definition) is 10. The molecule has 0 spiro atoms. The zero-order chi connectivity index (χ0) is 61.4. The van der Waals surface area contributed by atoms with Crippen LogP contribution in [0.5, 0.6) is 0 Å². The summed E-state index contributed by atoms with van der Waals surface area (Å²) in [6.07, 6.45) is 5.12. The molecule has 6 amide bonds. The molecule has 2 fully saturated rings. The van der Waals surface area contributed by atoms with Gasteiger partial charge in [-0.15, -0.1) is 11.8 Å². The predicted molar refractivity (Wildman–Crippen MR) is 315 cm³/mol. The number of amides is 6. The number of anilines is 1. The molecular weight excluding hydrogens is 1080 g/mol. The van der Waals surface area contributed by atoms with E-state index in [-0.39, 0.29) is 44.8 Å². The van der Waals surface area contributed by atoms with Gasteiger partial charge in [-0.3, -0.25) is 14.4 Å². The van der Waals surface area contributed by atoms with Crippen LogP contribution in [0.15, 0.2) is 24.3 Å². The number of urea groups is 1. The Bertz CT molecular complexity index is 2160. The summed E-state index contributed by atoms with van der Waals surface area (Å²) < 4.78 is 29.4. The minimum Gasteiger partial charge on any atom is -0.460 e. The number of nitrogen functional groups attached to an aromatic ring is 1. The molecule has 12 atom stereocenters. The van der Waals surface area contributed by atoms with E-state index in [0.29, 0.717) is 47.2 Å². The Labute approximate surface area is 497 Å². The molecule has 1 heterocycles. The van der Waals surface area contributed by atoms with E-state index in [4.69, 9.17) is 35.2 Å². The van der Waals surface area contributed by atoms with Gasteiger partial charge >= 0.3 is 24.2 Å². The molecule has 1 aromatic carbocycles. The number of ether oxygens (including phenoxy) is 5. The van der Waals surface area contributed by atoms with Crippen LogP contribution < -0.4 is 27.4 Å². The minimum atomic E-state index is -1.97. The second kappa shape index (κ2) is 39.4. The smallest absolute Gasteiger partial charge is 0.417 e. The maximum Gasteiger partial charge on any atom is 0.417 e. The maximum absolute atomic E-state index is 15.7. The van der Waals surface area contributed by atoms with Crippen molar-refractivity contribution in [3.05, 3.63) is 29.8 Å². The quantitative estimate of drug-likeness (QED) is 0.0107. The number of benzene rings is 1. The number of carbonyl (C=O) groups excluding carboxylic acids is 6. The van der Waals surface area contributed by atoms with Crippen LogP contribution in [0, 0.1) is 35.5 Å². The maximum atomic E-state index is 15.7. The summed E-state index contributed by atoms with van der Waals surface area (Å²) in [6, 6.07) is 0.582. The summed E-state index contributed by atoms with van der Waals surface area (Å²) in [5.41, 5.74) is 12.2. The zero-order valence-corrected chi connectivity index (χ0v) is 50.4. The van der Waals surface area contributed by atoms with Crippen molar-refractivity contribution < 1.29 is 78.0 Å². The normalized spacial score (nSPS) is 22.7. The average molecular weight is 1190 g/mol. The van der Waals surface area contributed by atoms with Crippen molar-refractivity contribution >= 4 is 41.7 Å². The van der Waals surface area contributed by atoms with Crippen LogP contribution in [-0.4, -0.2) is 154 Å². The third-order valence-electron chi connectivity index (χ3n) is 16.3. The Kier molecular flexibility index (Phi) is 33.4. The highest BCUT2D eigenvalue weighted by Gasteiger charge is 2.50. The molecule has 476 valence electrons. The van der Waals surface area contributed by atoms with Crippen LogP contribution in [0.3, 0.4) is 0 Å². The van der Waals surface area contributed by atoms with Crippen molar-refractivity contribution in [2.24, 2.45) is 29.4 Å². The van der Waals surface area contributed by atoms with Crippen LogP contribution in [0.1, 0.15) is 194 Å².